The van der Waals surface area contributed by atoms with Gasteiger partial charge in [0.25, 0.3) is 6.71 Å². The van der Waals surface area contributed by atoms with E-state index in [4.69, 9.17) is 4.74 Å². The Bertz CT molecular complexity index is 2250. The fourth-order valence-electron chi connectivity index (χ4n) is 7.17. The standard InChI is InChI=1S/C40H25BF2N2O/c42-26-22-23-34(32(43)24-26)45-33-19-10-9-18-31(33)41-39-30-17-8-7-16-29(30)36(25-38(39)46-37-21-11-20-35(45)40(37)41)44(27-12-3-1-4-13-27)28-14-5-2-6-15-28/h1-25H. The summed E-state index contributed by atoms with van der Waals surface area (Å²) >= 11 is 0. The van der Waals surface area contributed by atoms with Gasteiger partial charge in [-0.3, -0.25) is 0 Å². The van der Waals surface area contributed by atoms with Gasteiger partial charge in [0.05, 0.1) is 11.4 Å². The van der Waals surface area contributed by atoms with E-state index < -0.39 is 11.6 Å². The van der Waals surface area contributed by atoms with Crippen LogP contribution in [0, 0.1) is 11.6 Å². The summed E-state index contributed by atoms with van der Waals surface area (Å²) in [6, 6.07) is 49.1. The number of benzene rings is 7. The van der Waals surface area contributed by atoms with Crippen molar-refractivity contribution in [2.24, 2.45) is 0 Å². The predicted molar refractivity (Wildman–Crippen MR) is 184 cm³/mol. The van der Waals surface area contributed by atoms with Gasteiger partial charge in [0.1, 0.15) is 23.1 Å². The van der Waals surface area contributed by atoms with Crippen molar-refractivity contribution in [3.63, 3.8) is 0 Å². The molecule has 218 valence electrons. The smallest absolute Gasteiger partial charge is 0.257 e. The molecule has 0 spiro atoms. The number of fused-ring (bicyclic) bond motifs is 6. The topological polar surface area (TPSA) is 15.7 Å². The first-order valence-electron chi connectivity index (χ1n) is 15.3. The van der Waals surface area contributed by atoms with E-state index in [1.807, 2.05) is 53.4 Å². The van der Waals surface area contributed by atoms with E-state index in [9.17, 15) is 4.39 Å². The summed E-state index contributed by atoms with van der Waals surface area (Å²) < 4.78 is 36.3. The molecule has 0 atom stereocenters. The summed E-state index contributed by atoms with van der Waals surface area (Å²) in [5, 5.41) is 2.16. The summed E-state index contributed by atoms with van der Waals surface area (Å²) in [5.74, 6) is 0.250. The van der Waals surface area contributed by atoms with Crippen LogP contribution in [0.4, 0.5) is 42.9 Å². The molecular weight excluding hydrogens is 573 g/mol. The number of ether oxygens (including phenoxy) is 1. The highest BCUT2D eigenvalue weighted by Gasteiger charge is 2.43. The minimum Gasteiger partial charge on any atom is -0.458 e. The molecule has 2 aliphatic heterocycles. The van der Waals surface area contributed by atoms with Crippen molar-refractivity contribution in [3.05, 3.63) is 163 Å². The Morgan fingerprint density at radius 3 is 1.91 bits per heavy atom. The maximum absolute atomic E-state index is 15.4. The summed E-state index contributed by atoms with van der Waals surface area (Å²) in [6.07, 6.45) is 0. The lowest BCUT2D eigenvalue weighted by Gasteiger charge is -2.40. The molecule has 0 bridgehead atoms. The Kier molecular flexibility index (Phi) is 5.97. The molecule has 0 radical (unpaired) electrons. The average Bonchev–Trinajstić information content (AvgIpc) is 3.10. The lowest BCUT2D eigenvalue weighted by Crippen LogP contribution is -2.59. The quantitative estimate of drug-likeness (QED) is 0.188. The van der Waals surface area contributed by atoms with Gasteiger partial charge in [-0.05, 0) is 76.4 Å². The molecule has 0 unspecified atom stereocenters. The predicted octanol–water partition coefficient (Wildman–Crippen LogP) is 8.99. The van der Waals surface area contributed by atoms with Crippen LogP contribution in [-0.4, -0.2) is 6.71 Å². The maximum atomic E-state index is 15.4. The molecule has 0 aliphatic carbocycles. The molecule has 7 aromatic rings. The van der Waals surface area contributed by atoms with Gasteiger partial charge in [-0.2, -0.15) is 0 Å². The second-order valence-electron chi connectivity index (χ2n) is 11.6. The van der Waals surface area contributed by atoms with Crippen LogP contribution in [0.5, 0.6) is 11.5 Å². The molecule has 0 saturated heterocycles. The second kappa shape index (κ2) is 10.4. The van der Waals surface area contributed by atoms with Gasteiger partial charge in [0.2, 0.25) is 0 Å². The Hall–Kier alpha value is -5.88. The van der Waals surface area contributed by atoms with Crippen LogP contribution in [0.1, 0.15) is 0 Å². The first kappa shape index (κ1) is 26.5. The highest BCUT2D eigenvalue weighted by molar-refractivity contribution is 7.00. The molecule has 0 N–H and O–H groups in total. The normalized spacial score (nSPS) is 12.7. The van der Waals surface area contributed by atoms with Gasteiger partial charge < -0.3 is 14.5 Å². The van der Waals surface area contributed by atoms with Crippen molar-refractivity contribution >= 4 is 68.0 Å². The molecule has 0 aromatic heterocycles. The van der Waals surface area contributed by atoms with Crippen molar-refractivity contribution in [2.75, 3.05) is 9.80 Å². The van der Waals surface area contributed by atoms with Crippen LogP contribution in [0.3, 0.4) is 0 Å². The summed E-state index contributed by atoms with van der Waals surface area (Å²) in [6.45, 7) is -0.174. The van der Waals surface area contributed by atoms with E-state index in [2.05, 4.69) is 89.8 Å². The van der Waals surface area contributed by atoms with Crippen LogP contribution in [-0.2, 0) is 0 Å². The number of anilines is 6. The van der Waals surface area contributed by atoms with E-state index in [1.165, 1.54) is 12.1 Å². The molecule has 2 aliphatic rings. The van der Waals surface area contributed by atoms with Gasteiger partial charge >= 0.3 is 0 Å². The fraction of sp³-hybridized carbons (Fsp3) is 0. The van der Waals surface area contributed by atoms with E-state index >= 15 is 4.39 Å². The zero-order valence-corrected chi connectivity index (χ0v) is 24.6. The van der Waals surface area contributed by atoms with Crippen molar-refractivity contribution in [1.82, 2.24) is 0 Å². The monoisotopic (exact) mass is 598 g/mol. The van der Waals surface area contributed by atoms with E-state index in [-0.39, 0.29) is 12.4 Å². The minimum absolute atomic E-state index is 0.174. The Morgan fingerprint density at radius 2 is 1.17 bits per heavy atom. The molecule has 3 nitrogen and oxygen atoms in total. The zero-order valence-electron chi connectivity index (χ0n) is 24.6. The molecule has 0 saturated carbocycles. The van der Waals surface area contributed by atoms with Gasteiger partial charge in [-0.1, -0.05) is 84.9 Å². The first-order chi connectivity index (χ1) is 22.7. The van der Waals surface area contributed by atoms with Gasteiger partial charge in [-0.25, -0.2) is 8.78 Å². The average molecular weight is 598 g/mol. The number of nitrogens with zero attached hydrogens (tertiary/aromatic N) is 2. The number of rotatable bonds is 4. The van der Waals surface area contributed by atoms with Gasteiger partial charge in [0, 0.05) is 40.3 Å². The number of hydrogen-bond donors (Lipinski definition) is 0. The molecule has 0 fully saturated rings. The summed E-state index contributed by atoms with van der Waals surface area (Å²) in [4.78, 5) is 4.16. The number of hydrogen-bond acceptors (Lipinski definition) is 3. The first-order valence-corrected chi connectivity index (χ1v) is 15.3. The zero-order chi connectivity index (χ0) is 30.8. The lowest BCUT2D eigenvalue weighted by molar-refractivity contribution is 0.488. The molecule has 9 rings (SSSR count). The molecule has 46 heavy (non-hydrogen) atoms. The highest BCUT2D eigenvalue weighted by Crippen LogP contribution is 2.45. The van der Waals surface area contributed by atoms with Crippen LogP contribution in [0.2, 0.25) is 0 Å². The lowest BCUT2D eigenvalue weighted by atomic mass is 9.33. The Balaban J connectivity index is 1.32. The molecule has 0 amide bonds. The van der Waals surface area contributed by atoms with Crippen molar-refractivity contribution < 1.29 is 13.5 Å². The highest BCUT2D eigenvalue weighted by atomic mass is 19.1. The third-order valence-corrected chi connectivity index (χ3v) is 9.02. The Morgan fingerprint density at radius 1 is 0.522 bits per heavy atom. The van der Waals surface area contributed by atoms with E-state index in [1.54, 1.807) is 0 Å². The van der Waals surface area contributed by atoms with Crippen LogP contribution >= 0.6 is 0 Å². The van der Waals surface area contributed by atoms with Crippen molar-refractivity contribution in [2.45, 2.75) is 0 Å². The Labute approximate surface area is 265 Å². The summed E-state index contributed by atoms with van der Waals surface area (Å²) in [7, 11) is 0. The number of halogens is 2. The van der Waals surface area contributed by atoms with Crippen molar-refractivity contribution in [3.8, 4) is 11.5 Å². The fourth-order valence-corrected chi connectivity index (χ4v) is 7.17. The molecule has 2 heterocycles. The molecule has 7 aromatic carbocycles. The van der Waals surface area contributed by atoms with Crippen LogP contribution < -0.4 is 30.9 Å². The maximum Gasteiger partial charge on any atom is 0.257 e. The van der Waals surface area contributed by atoms with Gasteiger partial charge in [0.15, 0.2) is 0 Å². The van der Waals surface area contributed by atoms with Crippen LogP contribution in [0.25, 0.3) is 10.8 Å². The van der Waals surface area contributed by atoms with Crippen molar-refractivity contribution in [1.29, 1.82) is 0 Å². The second-order valence-corrected chi connectivity index (χ2v) is 11.6. The summed E-state index contributed by atoms with van der Waals surface area (Å²) in [5.41, 5.74) is 8.06. The van der Waals surface area contributed by atoms with E-state index in [0.29, 0.717) is 5.75 Å². The third kappa shape index (κ3) is 3.96. The van der Waals surface area contributed by atoms with Gasteiger partial charge in [-0.15, -0.1) is 0 Å². The SMILES string of the molecule is Fc1ccc(N2c3ccccc3B3c4c(cccc42)Oc2cc(N(c4ccccc4)c4ccccc4)c4ccccc4c23)c(F)c1. The number of para-hydroxylation sites is 3. The molecular formula is C40H25BF2N2O. The molecule has 6 heteroatoms. The third-order valence-electron chi connectivity index (χ3n) is 9.02. The van der Waals surface area contributed by atoms with E-state index in [0.717, 1.165) is 67.4 Å². The minimum atomic E-state index is -0.625. The van der Waals surface area contributed by atoms with Crippen LogP contribution in [0.15, 0.2) is 152 Å². The largest absolute Gasteiger partial charge is 0.458 e.